The molecule has 1 unspecified atom stereocenters. The summed E-state index contributed by atoms with van der Waals surface area (Å²) in [7, 11) is 0. The first kappa shape index (κ1) is 12.5. The van der Waals surface area contributed by atoms with Crippen LogP contribution in [-0.2, 0) is 10.3 Å². The molecule has 0 bridgehead atoms. The monoisotopic (exact) mass is 261 g/mol. The molecule has 1 aromatic carbocycles. The normalized spacial score (nSPS) is 23.4. The number of rotatable bonds is 2. The van der Waals surface area contributed by atoms with Crippen molar-refractivity contribution in [1.82, 2.24) is 5.32 Å². The Labute approximate surface area is 101 Å². The maximum atomic E-state index is 12.0. The van der Waals surface area contributed by atoms with Crippen LogP contribution in [0.1, 0.15) is 12.5 Å². The van der Waals surface area contributed by atoms with Crippen molar-refractivity contribution in [2.45, 2.75) is 18.8 Å². The first-order valence-electron chi connectivity index (χ1n) is 5.10. The van der Waals surface area contributed by atoms with Gasteiger partial charge in [0.1, 0.15) is 12.4 Å². The molecule has 1 atom stereocenters. The van der Waals surface area contributed by atoms with Gasteiger partial charge in [0.15, 0.2) is 0 Å². The van der Waals surface area contributed by atoms with E-state index in [1.807, 2.05) is 0 Å². The number of benzene rings is 1. The van der Waals surface area contributed by atoms with Crippen LogP contribution in [0.25, 0.3) is 0 Å². The van der Waals surface area contributed by atoms with E-state index in [4.69, 9.17) is 4.74 Å². The maximum absolute atomic E-state index is 12.0. The van der Waals surface area contributed by atoms with Gasteiger partial charge in [0.25, 0.3) is 0 Å². The van der Waals surface area contributed by atoms with Crippen LogP contribution in [0.4, 0.5) is 18.0 Å². The van der Waals surface area contributed by atoms with Gasteiger partial charge in [-0.25, -0.2) is 4.79 Å². The van der Waals surface area contributed by atoms with Crippen LogP contribution >= 0.6 is 0 Å². The summed E-state index contributed by atoms with van der Waals surface area (Å²) in [6, 6.07) is 5.29. The lowest BCUT2D eigenvalue weighted by Crippen LogP contribution is -2.37. The lowest BCUT2D eigenvalue weighted by atomic mass is 9.94. The summed E-state index contributed by atoms with van der Waals surface area (Å²) in [5.74, 6) is -0.305. The first-order chi connectivity index (χ1) is 8.28. The van der Waals surface area contributed by atoms with E-state index < -0.39 is 18.0 Å². The van der Waals surface area contributed by atoms with Gasteiger partial charge in [-0.05, 0) is 24.6 Å². The molecule has 4 nitrogen and oxygen atoms in total. The van der Waals surface area contributed by atoms with Gasteiger partial charge in [-0.1, -0.05) is 12.1 Å². The molecule has 1 fully saturated rings. The molecule has 0 aliphatic carbocycles. The van der Waals surface area contributed by atoms with Crippen molar-refractivity contribution in [3.05, 3.63) is 29.8 Å². The number of alkyl halides is 3. The first-order valence-corrected chi connectivity index (χ1v) is 5.10. The van der Waals surface area contributed by atoms with Gasteiger partial charge in [0.05, 0.1) is 5.54 Å². The lowest BCUT2D eigenvalue weighted by Gasteiger charge is -2.21. The second kappa shape index (κ2) is 4.08. The second-order valence-corrected chi connectivity index (χ2v) is 4.11. The number of carbonyl (C=O) groups excluding carboxylic acids is 1. The van der Waals surface area contributed by atoms with Crippen LogP contribution in [0.2, 0.25) is 0 Å². The van der Waals surface area contributed by atoms with E-state index in [1.165, 1.54) is 24.3 Å². The molecule has 0 aromatic heterocycles. The van der Waals surface area contributed by atoms with E-state index in [-0.39, 0.29) is 12.4 Å². The van der Waals surface area contributed by atoms with E-state index in [0.29, 0.717) is 5.56 Å². The third-order valence-corrected chi connectivity index (χ3v) is 2.59. The predicted octanol–water partition coefficient (Wildman–Crippen LogP) is 2.54. The van der Waals surface area contributed by atoms with Crippen molar-refractivity contribution in [2.75, 3.05) is 6.61 Å². The minimum atomic E-state index is -4.71. The fourth-order valence-electron chi connectivity index (χ4n) is 1.69. The number of amides is 1. The average molecular weight is 261 g/mol. The Morgan fingerprint density at radius 3 is 2.39 bits per heavy atom. The largest absolute Gasteiger partial charge is 0.573 e. The highest BCUT2D eigenvalue weighted by molar-refractivity contribution is 5.71. The fourth-order valence-corrected chi connectivity index (χ4v) is 1.69. The molecule has 0 saturated carbocycles. The third kappa shape index (κ3) is 2.66. The summed E-state index contributed by atoms with van der Waals surface area (Å²) in [5, 5.41) is 2.59. The van der Waals surface area contributed by atoms with Gasteiger partial charge < -0.3 is 14.8 Å². The molecule has 1 saturated heterocycles. The highest BCUT2D eigenvalue weighted by Crippen LogP contribution is 2.29. The van der Waals surface area contributed by atoms with Crippen LogP contribution < -0.4 is 10.1 Å². The number of cyclic esters (lactones) is 1. The molecular weight excluding hydrogens is 251 g/mol. The topological polar surface area (TPSA) is 47.6 Å². The summed E-state index contributed by atoms with van der Waals surface area (Å²) in [6.07, 6.45) is -5.26. The summed E-state index contributed by atoms with van der Waals surface area (Å²) >= 11 is 0. The van der Waals surface area contributed by atoms with Crippen LogP contribution in [0.3, 0.4) is 0 Å². The highest BCUT2D eigenvalue weighted by atomic mass is 19.4. The molecular formula is C11H10F3NO3. The Morgan fingerprint density at radius 1 is 1.33 bits per heavy atom. The van der Waals surface area contributed by atoms with E-state index in [9.17, 15) is 18.0 Å². The number of nitrogens with one attached hydrogen (secondary N) is 1. The molecule has 98 valence electrons. The minimum Gasteiger partial charge on any atom is -0.447 e. The Kier molecular flexibility index (Phi) is 2.84. The number of alkyl carbamates (subject to hydrolysis) is 1. The molecule has 0 radical (unpaired) electrons. The van der Waals surface area contributed by atoms with Crippen molar-refractivity contribution in [1.29, 1.82) is 0 Å². The molecule has 7 heteroatoms. The molecule has 0 spiro atoms. The minimum absolute atomic E-state index is 0.130. The lowest BCUT2D eigenvalue weighted by molar-refractivity contribution is -0.274. The number of hydrogen-bond donors (Lipinski definition) is 1. The Morgan fingerprint density at radius 2 is 1.94 bits per heavy atom. The van der Waals surface area contributed by atoms with Crippen molar-refractivity contribution in [2.24, 2.45) is 0 Å². The average Bonchev–Trinajstić information content (AvgIpc) is 2.58. The number of carbonyl (C=O) groups is 1. The Hall–Kier alpha value is -1.92. The Bertz CT molecular complexity index is 458. The van der Waals surface area contributed by atoms with Gasteiger partial charge in [0, 0.05) is 0 Å². The van der Waals surface area contributed by atoms with Crippen molar-refractivity contribution in [3.63, 3.8) is 0 Å². The third-order valence-electron chi connectivity index (χ3n) is 2.59. The fraction of sp³-hybridized carbons (Fsp3) is 0.364. The number of halogens is 3. The molecule has 1 N–H and O–H groups in total. The zero-order valence-electron chi connectivity index (χ0n) is 9.38. The maximum Gasteiger partial charge on any atom is 0.573 e. The molecule has 1 heterocycles. The van der Waals surface area contributed by atoms with Crippen molar-refractivity contribution >= 4 is 6.09 Å². The summed E-state index contributed by atoms with van der Waals surface area (Å²) in [5.41, 5.74) is -0.0868. The summed E-state index contributed by atoms with van der Waals surface area (Å²) in [6.45, 7) is 1.85. The van der Waals surface area contributed by atoms with Gasteiger partial charge in [-0.3, -0.25) is 0 Å². The van der Waals surface area contributed by atoms with Gasteiger partial charge >= 0.3 is 12.5 Å². The zero-order chi connectivity index (χ0) is 13.4. The van der Waals surface area contributed by atoms with Gasteiger partial charge in [-0.15, -0.1) is 13.2 Å². The molecule has 18 heavy (non-hydrogen) atoms. The quantitative estimate of drug-likeness (QED) is 0.889. The predicted molar refractivity (Wildman–Crippen MR) is 55.0 cm³/mol. The summed E-state index contributed by atoms with van der Waals surface area (Å²) < 4.78 is 44.4. The van der Waals surface area contributed by atoms with Crippen LogP contribution in [0, 0.1) is 0 Å². The number of ether oxygens (including phenoxy) is 2. The summed E-state index contributed by atoms with van der Waals surface area (Å²) in [4.78, 5) is 11.0. The van der Waals surface area contributed by atoms with Crippen LogP contribution in [0.5, 0.6) is 5.75 Å². The van der Waals surface area contributed by atoms with Crippen LogP contribution in [0.15, 0.2) is 24.3 Å². The SMILES string of the molecule is CC1(c2ccc(OC(F)(F)F)cc2)COC(=O)N1. The van der Waals surface area contributed by atoms with Gasteiger partial charge in [0.2, 0.25) is 0 Å². The van der Waals surface area contributed by atoms with Gasteiger partial charge in [-0.2, -0.15) is 0 Å². The number of hydrogen-bond acceptors (Lipinski definition) is 3. The molecule has 1 aliphatic rings. The molecule has 1 aromatic rings. The van der Waals surface area contributed by atoms with Crippen molar-refractivity contribution < 1.29 is 27.4 Å². The van der Waals surface area contributed by atoms with E-state index in [1.54, 1.807) is 6.92 Å². The van der Waals surface area contributed by atoms with Crippen LogP contribution in [-0.4, -0.2) is 19.1 Å². The smallest absolute Gasteiger partial charge is 0.447 e. The van der Waals surface area contributed by atoms with E-state index in [0.717, 1.165) is 0 Å². The molecule has 1 aliphatic heterocycles. The van der Waals surface area contributed by atoms with E-state index >= 15 is 0 Å². The highest BCUT2D eigenvalue weighted by Gasteiger charge is 2.37. The zero-order valence-corrected chi connectivity index (χ0v) is 9.38. The molecule has 2 rings (SSSR count). The van der Waals surface area contributed by atoms with Crippen molar-refractivity contribution in [3.8, 4) is 5.75 Å². The standard InChI is InChI=1S/C11H10F3NO3/c1-10(6-17-9(16)15-10)7-2-4-8(5-3-7)18-11(12,13)14/h2-5H,6H2,1H3,(H,15,16). The second-order valence-electron chi connectivity index (χ2n) is 4.11. The van der Waals surface area contributed by atoms with E-state index in [2.05, 4.69) is 10.1 Å². The molecule has 1 amide bonds. The Balaban J connectivity index is 2.15.